The van der Waals surface area contributed by atoms with Crippen molar-refractivity contribution in [2.45, 2.75) is 84.6 Å². The Morgan fingerprint density at radius 2 is 1.37 bits per heavy atom. The molecule has 0 aliphatic rings. The van der Waals surface area contributed by atoms with E-state index < -0.39 is 22.3 Å². The molecule has 150 valence electrons. The first-order chi connectivity index (χ1) is 12.0. The largest absolute Gasteiger partial charge is 0.483 e. The fourth-order valence-corrected chi connectivity index (χ4v) is 0.912. The van der Waals surface area contributed by atoms with Crippen molar-refractivity contribution >= 4 is 11.6 Å². The van der Waals surface area contributed by atoms with Crippen LogP contribution in [0.4, 0.5) is 0 Å². The average molecular weight is 377 g/mol. The Morgan fingerprint density at radius 1 is 0.926 bits per heavy atom. The van der Waals surface area contributed by atoms with Gasteiger partial charge in [-0.15, -0.1) is 5.11 Å². The quantitative estimate of drug-likeness (QED) is 0.290. The molecule has 2 N–H and O–H groups in total. The van der Waals surface area contributed by atoms with Crippen LogP contribution in [0.15, 0.2) is 20.5 Å². The Kier molecular flexibility index (Phi) is 9.70. The minimum absolute atomic E-state index is 0.0599. The standard InChI is InChI=1S/C10H20N4O.C8H12N4/c1-7(11)9(2,3)13-14-10(4,5)8(12)15-6;1-7(2,6-9)11-12-8(3,4)10-5/h11-12H,1-6H3;1-4H3. The van der Waals surface area contributed by atoms with Crippen LogP contribution in [0.5, 0.6) is 0 Å². The molecule has 0 amide bonds. The van der Waals surface area contributed by atoms with Crippen molar-refractivity contribution in [1.82, 2.24) is 0 Å². The number of methoxy groups -OCH3 is 1. The summed E-state index contributed by atoms with van der Waals surface area (Å²) in [6.07, 6.45) is 0. The second-order valence-electron chi connectivity index (χ2n) is 7.95. The molecule has 0 unspecified atom stereocenters. The van der Waals surface area contributed by atoms with Gasteiger partial charge in [0.15, 0.2) is 11.1 Å². The van der Waals surface area contributed by atoms with E-state index in [1.807, 2.05) is 19.9 Å². The van der Waals surface area contributed by atoms with Gasteiger partial charge in [-0.25, -0.2) is 6.57 Å². The number of nitrogens with zero attached hydrogens (tertiary/aromatic N) is 6. The van der Waals surface area contributed by atoms with Crippen LogP contribution in [0, 0.1) is 28.7 Å². The molecule has 0 radical (unpaired) electrons. The Labute approximate surface area is 162 Å². The van der Waals surface area contributed by atoms with Gasteiger partial charge < -0.3 is 10.1 Å². The number of nitrogens with one attached hydrogen (secondary N) is 2. The molecule has 0 atom stereocenters. The van der Waals surface area contributed by atoms with Gasteiger partial charge in [-0.2, -0.15) is 20.6 Å². The van der Waals surface area contributed by atoms with Crippen LogP contribution in [0.1, 0.15) is 62.3 Å². The molecule has 0 rings (SSSR count). The van der Waals surface area contributed by atoms with Crippen LogP contribution in [-0.4, -0.2) is 41.0 Å². The highest BCUT2D eigenvalue weighted by atomic mass is 16.5. The Hall–Kier alpha value is -2.68. The lowest BCUT2D eigenvalue weighted by atomic mass is 10.0. The smallest absolute Gasteiger partial charge is 0.335 e. The molecule has 0 fully saturated rings. The van der Waals surface area contributed by atoms with E-state index in [9.17, 15) is 0 Å². The lowest BCUT2D eigenvalue weighted by Gasteiger charge is -2.22. The molecule has 0 saturated carbocycles. The van der Waals surface area contributed by atoms with Gasteiger partial charge in [0.05, 0.1) is 13.2 Å². The number of ether oxygens (including phenoxy) is 1. The van der Waals surface area contributed by atoms with Gasteiger partial charge in [-0.05, 0) is 48.5 Å². The zero-order valence-corrected chi connectivity index (χ0v) is 18.1. The van der Waals surface area contributed by atoms with Crippen molar-refractivity contribution in [3.05, 3.63) is 11.4 Å². The molecule has 0 heterocycles. The zero-order valence-electron chi connectivity index (χ0n) is 18.1. The molecule has 0 aliphatic heterocycles. The van der Waals surface area contributed by atoms with Gasteiger partial charge >= 0.3 is 5.66 Å². The molecule has 0 aromatic heterocycles. The van der Waals surface area contributed by atoms with Crippen molar-refractivity contribution in [2.24, 2.45) is 20.5 Å². The summed E-state index contributed by atoms with van der Waals surface area (Å²) in [5.74, 6) is 0.0599. The summed E-state index contributed by atoms with van der Waals surface area (Å²) in [5.41, 5.74) is -2.64. The average Bonchev–Trinajstić information content (AvgIpc) is 2.58. The lowest BCUT2D eigenvalue weighted by Crippen LogP contribution is -2.32. The molecule has 0 bridgehead atoms. The minimum atomic E-state index is -0.853. The number of hydrogen-bond donors (Lipinski definition) is 2. The molecule has 27 heavy (non-hydrogen) atoms. The maximum atomic E-state index is 8.58. The molecule has 0 aromatic carbocycles. The summed E-state index contributed by atoms with van der Waals surface area (Å²) in [6, 6.07) is 1.97. The van der Waals surface area contributed by atoms with E-state index in [-0.39, 0.29) is 5.90 Å². The van der Waals surface area contributed by atoms with E-state index in [0.717, 1.165) is 0 Å². The molecule has 9 nitrogen and oxygen atoms in total. The summed E-state index contributed by atoms with van der Waals surface area (Å²) < 4.78 is 4.82. The molecule has 0 aromatic rings. The topological polar surface area (TPSA) is 135 Å². The molecular weight excluding hydrogens is 344 g/mol. The van der Waals surface area contributed by atoms with E-state index >= 15 is 0 Å². The highest BCUT2D eigenvalue weighted by Gasteiger charge is 2.27. The van der Waals surface area contributed by atoms with Gasteiger partial charge in [0.25, 0.3) is 0 Å². The third-order valence-electron chi connectivity index (χ3n) is 3.32. The maximum Gasteiger partial charge on any atom is 0.335 e. The van der Waals surface area contributed by atoms with Gasteiger partial charge in [-0.3, -0.25) is 10.3 Å². The van der Waals surface area contributed by atoms with Crippen molar-refractivity contribution < 1.29 is 4.74 Å². The molecule has 0 spiro atoms. The van der Waals surface area contributed by atoms with Gasteiger partial charge in [0.1, 0.15) is 5.54 Å². The van der Waals surface area contributed by atoms with E-state index in [0.29, 0.717) is 5.71 Å². The number of azo groups is 2. The third-order valence-corrected chi connectivity index (χ3v) is 3.32. The zero-order chi connectivity index (χ0) is 22.1. The predicted molar refractivity (Wildman–Crippen MR) is 106 cm³/mol. The number of hydrogen-bond acceptors (Lipinski definition) is 8. The van der Waals surface area contributed by atoms with Gasteiger partial charge in [0, 0.05) is 19.6 Å². The first-order valence-corrected chi connectivity index (χ1v) is 8.33. The van der Waals surface area contributed by atoms with Crippen LogP contribution in [0.3, 0.4) is 0 Å². The fourth-order valence-electron chi connectivity index (χ4n) is 0.912. The van der Waals surface area contributed by atoms with E-state index in [4.69, 9.17) is 27.4 Å². The van der Waals surface area contributed by atoms with Crippen LogP contribution >= 0.6 is 0 Å². The highest BCUT2D eigenvalue weighted by Crippen LogP contribution is 2.18. The molecule has 9 heteroatoms. The van der Waals surface area contributed by atoms with Crippen LogP contribution in [0.25, 0.3) is 4.85 Å². The van der Waals surface area contributed by atoms with E-state index in [1.165, 1.54) is 7.11 Å². The molecule has 0 saturated heterocycles. The van der Waals surface area contributed by atoms with Crippen molar-refractivity contribution in [2.75, 3.05) is 7.11 Å². The summed E-state index contributed by atoms with van der Waals surface area (Å²) in [5, 5.41) is 39.3. The Balaban J connectivity index is 0. The Morgan fingerprint density at radius 3 is 1.70 bits per heavy atom. The van der Waals surface area contributed by atoms with Crippen LogP contribution in [-0.2, 0) is 4.74 Å². The number of nitriles is 1. The summed E-state index contributed by atoms with van der Waals surface area (Å²) in [7, 11) is 1.44. The molecule has 0 aliphatic carbocycles. The van der Waals surface area contributed by atoms with Crippen molar-refractivity contribution in [3.63, 3.8) is 0 Å². The van der Waals surface area contributed by atoms with Crippen LogP contribution in [0.2, 0.25) is 0 Å². The maximum absolute atomic E-state index is 8.58. The van der Waals surface area contributed by atoms with Crippen molar-refractivity contribution in [3.8, 4) is 6.07 Å². The number of rotatable bonds is 6. The van der Waals surface area contributed by atoms with Gasteiger partial charge in [-0.1, -0.05) is 0 Å². The second-order valence-corrected chi connectivity index (χ2v) is 7.95. The summed E-state index contributed by atoms with van der Waals surface area (Å²) >= 11 is 0. The summed E-state index contributed by atoms with van der Waals surface area (Å²) in [6.45, 7) is 22.2. The van der Waals surface area contributed by atoms with Crippen molar-refractivity contribution in [1.29, 1.82) is 16.1 Å². The highest BCUT2D eigenvalue weighted by molar-refractivity contribution is 5.88. The van der Waals surface area contributed by atoms with E-state index in [1.54, 1.807) is 48.5 Å². The van der Waals surface area contributed by atoms with E-state index in [2.05, 4.69) is 25.3 Å². The first-order valence-electron chi connectivity index (χ1n) is 8.33. The normalized spacial score (nSPS) is 12.7. The minimum Gasteiger partial charge on any atom is -0.483 e. The molecular formula is C18H32N8O. The second kappa shape index (κ2) is 9.86. The first kappa shape index (κ1) is 26.5. The fraction of sp³-hybridized carbons (Fsp3) is 0.778. The monoisotopic (exact) mass is 376 g/mol. The third kappa shape index (κ3) is 10.8. The van der Waals surface area contributed by atoms with Crippen LogP contribution < -0.4 is 0 Å². The lowest BCUT2D eigenvalue weighted by molar-refractivity contribution is 0.350. The Bertz CT molecular complexity index is 644. The SMILES string of the molecule is COC(=N)C(C)(C)N=NC(C)(C)C(C)=N.[C-]#[N+]C(C)(C)N=NC(C)(C)C#N. The predicted octanol–water partition coefficient (Wildman–Crippen LogP) is 5.06. The summed E-state index contributed by atoms with van der Waals surface area (Å²) in [4.78, 5) is 3.24. The van der Waals surface area contributed by atoms with Gasteiger partial charge in [0.2, 0.25) is 5.90 Å².